The predicted molar refractivity (Wildman–Crippen MR) is 82.3 cm³/mol. The summed E-state index contributed by atoms with van der Waals surface area (Å²) in [7, 11) is 0. The summed E-state index contributed by atoms with van der Waals surface area (Å²) in [5.41, 5.74) is 1.97. The van der Waals surface area contributed by atoms with Gasteiger partial charge in [-0.05, 0) is 49.5 Å². The zero-order valence-electron chi connectivity index (χ0n) is 12.6. The second-order valence-electron chi connectivity index (χ2n) is 5.99. The minimum atomic E-state index is 0.635. The van der Waals surface area contributed by atoms with Crippen LogP contribution in [0.5, 0.6) is 0 Å². The van der Waals surface area contributed by atoms with E-state index in [0.29, 0.717) is 12.0 Å². The third kappa shape index (κ3) is 4.06. The Bertz CT molecular complexity index is 438. The summed E-state index contributed by atoms with van der Waals surface area (Å²) in [6.07, 6.45) is 2.69. The number of hydrogen-bond acceptors (Lipinski definition) is 3. The molecular weight excluding hydrogens is 246 g/mol. The normalized spacial score (nSPS) is 17.3. The van der Waals surface area contributed by atoms with Crippen molar-refractivity contribution >= 4 is 0 Å². The van der Waals surface area contributed by atoms with Gasteiger partial charge in [-0.3, -0.25) is 4.90 Å². The first-order valence-electron chi connectivity index (χ1n) is 7.64. The number of hydrogen-bond donors (Lipinski definition) is 1. The third-order valence-electron chi connectivity index (χ3n) is 4.14. The zero-order chi connectivity index (χ0) is 14.4. The van der Waals surface area contributed by atoms with E-state index in [4.69, 9.17) is 5.26 Å². The summed E-state index contributed by atoms with van der Waals surface area (Å²) in [4.78, 5) is 2.62. The van der Waals surface area contributed by atoms with E-state index in [0.717, 1.165) is 18.7 Å². The Kier molecular flexibility index (Phi) is 5.58. The van der Waals surface area contributed by atoms with Crippen molar-refractivity contribution in [3.63, 3.8) is 0 Å². The minimum Gasteiger partial charge on any atom is -0.311 e. The van der Waals surface area contributed by atoms with Gasteiger partial charge in [-0.25, -0.2) is 0 Å². The van der Waals surface area contributed by atoms with Crippen molar-refractivity contribution in [1.82, 2.24) is 10.2 Å². The van der Waals surface area contributed by atoms with E-state index in [2.05, 4.69) is 30.1 Å². The van der Waals surface area contributed by atoms with Gasteiger partial charge >= 0.3 is 0 Å². The van der Waals surface area contributed by atoms with Gasteiger partial charge in [-0.2, -0.15) is 5.26 Å². The van der Waals surface area contributed by atoms with Crippen LogP contribution in [0.4, 0.5) is 0 Å². The van der Waals surface area contributed by atoms with Crippen molar-refractivity contribution in [2.45, 2.75) is 39.3 Å². The van der Waals surface area contributed by atoms with Crippen molar-refractivity contribution in [2.24, 2.45) is 5.92 Å². The van der Waals surface area contributed by atoms with E-state index in [1.807, 2.05) is 24.3 Å². The SMILES string of the molecule is CC(C)C(CNCc1ccc(C#N)cc1)N1CCCC1. The van der Waals surface area contributed by atoms with E-state index < -0.39 is 0 Å². The molecule has 20 heavy (non-hydrogen) atoms. The topological polar surface area (TPSA) is 39.1 Å². The predicted octanol–water partition coefficient (Wildman–Crippen LogP) is 2.77. The Morgan fingerprint density at radius 2 is 1.85 bits per heavy atom. The smallest absolute Gasteiger partial charge is 0.0991 e. The second-order valence-corrected chi connectivity index (χ2v) is 5.99. The molecule has 3 heteroatoms. The van der Waals surface area contributed by atoms with Crippen LogP contribution >= 0.6 is 0 Å². The number of rotatable bonds is 6. The highest BCUT2D eigenvalue weighted by atomic mass is 15.2. The van der Waals surface area contributed by atoms with Gasteiger partial charge in [0.05, 0.1) is 11.6 Å². The molecule has 1 unspecified atom stereocenters. The number of benzene rings is 1. The molecule has 0 spiro atoms. The molecule has 1 aliphatic heterocycles. The van der Waals surface area contributed by atoms with Crippen LogP contribution in [0.2, 0.25) is 0 Å². The van der Waals surface area contributed by atoms with Crippen LogP contribution in [0.15, 0.2) is 24.3 Å². The zero-order valence-corrected chi connectivity index (χ0v) is 12.6. The fraction of sp³-hybridized carbons (Fsp3) is 0.588. The van der Waals surface area contributed by atoms with Crippen LogP contribution in [0.25, 0.3) is 0 Å². The van der Waals surface area contributed by atoms with Gasteiger partial charge in [0.15, 0.2) is 0 Å². The molecule has 0 aromatic heterocycles. The highest BCUT2D eigenvalue weighted by Gasteiger charge is 2.23. The Morgan fingerprint density at radius 1 is 1.20 bits per heavy atom. The maximum Gasteiger partial charge on any atom is 0.0991 e. The lowest BCUT2D eigenvalue weighted by Crippen LogP contribution is -2.44. The lowest BCUT2D eigenvalue weighted by molar-refractivity contribution is 0.186. The van der Waals surface area contributed by atoms with Gasteiger partial charge in [-0.1, -0.05) is 26.0 Å². The summed E-state index contributed by atoms with van der Waals surface area (Å²) < 4.78 is 0. The molecule has 0 saturated carbocycles. The molecule has 0 aliphatic carbocycles. The van der Waals surface area contributed by atoms with Gasteiger partial charge in [0.1, 0.15) is 0 Å². The van der Waals surface area contributed by atoms with Gasteiger partial charge < -0.3 is 5.32 Å². The molecule has 0 bridgehead atoms. The highest BCUT2D eigenvalue weighted by molar-refractivity contribution is 5.31. The van der Waals surface area contributed by atoms with Crippen molar-refractivity contribution < 1.29 is 0 Å². The molecule has 1 aromatic rings. The number of likely N-dealkylation sites (tertiary alicyclic amines) is 1. The molecule has 3 nitrogen and oxygen atoms in total. The lowest BCUT2D eigenvalue weighted by Gasteiger charge is -2.31. The van der Waals surface area contributed by atoms with E-state index in [1.165, 1.54) is 31.5 Å². The van der Waals surface area contributed by atoms with E-state index in [1.54, 1.807) is 0 Å². The highest BCUT2D eigenvalue weighted by Crippen LogP contribution is 2.17. The quantitative estimate of drug-likeness (QED) is 0.864. The van der Waals surface area contributed by atoms with Crippen molar-refractivity contribution in [3.05, 3.63) is 35.4 Å². The molecule has 1 saturated heterocycles. The third-order valence-corrected chi connectivity index (χ3v) is 4.14. The first-order chi connectivity index (χ1) is 9.70. The minimum absolute atomic E-state index is 0.635. The summed E-state index contributed by atoms with van der Waals surface area (Å²) >= 11 is 0. The van der Waals surface area contributed by atoms with E-state index >= 15 is 0 Å². The molecule has 108 valence electrons. The van der Waals surface area contributed by atoms with Gasteiger partial charge in [-0.15, -0.1) is 0 Å². The molecule has 1 atom stereocenters. The molecule has 0 radical (unpaired) electrons. The summed E-state index contributed by atoms with van der Waals surface area (Å²) in [5.74, 6) is 0.682. The summed E-state index contributed by atoms with van der Waals surface area (Å²) in [5, 5.41) is 12.4. The van der Waals surface area contributed by atoms with Crippen LogP contribution in [-0.2, 0) is 6.54 Å². The first kappa shape index (κ1) is 15.0. The Labute approximate surface area is 122 Å². The van der Waals surface area contributed by atoms with Crippen LogP contribution in [0.1, 0.15) is 37.8 Å². The molecule has 1 N–H and O–H groups in total. The maximum absolute atomic E-state index is 8.79. The molecule has 0 amide bonds. The average molecular weight is 271 g/mol. The van der Waals surface area contributed by atoms with Crippen molar-refractivity contribution in [2.75, 3.05) is 19.6 Å². The van der Waals surface area contributed by atoms with Crippen LogP contribution in [0, 0.1) is 17.2 Å². The fourth-order valence-electron chi connectivity index (χ4n) is 2.92. The monoisotopic (exact) mass is 271 g/mol. The molecule has 1 aliphatic rings. The van der Waals surface area contributed by atoms with Crippen molar-refractivity contribution in [3.8, 4) is 6.07 Å². The molecule has 1 aromatic carbocycles. The molecular formula is C17H25N3. The Balaban J connectivity index is 1.81. The van der Waals surface area contributed by atoms with Crippen LogP contribution in [0.3, 0.4) is 0 Å². The van der Waals surface area contributed by atoms with Gasteiger partial charge in [0.2, 0.25) is 0 Å². The standard InChI is InChI=1S/C17H25N3/c1-14(2)17(20-9-3-4-10-20)13-19-12-16-7-5-15(11-18)6-8-16/h5-8,14,17,19H,3-4,9-10,12-13H2,1-2H3. The number of nitrogens with zero attached hydrogens (tertiary/aromatic N) is 2. The van der Waals surface area contributed by atoms with E-state index in [-0.39, 0.29) is 0 Å². The molecule has 1 heterocycles. The van der Waals surface area contributed by atoms with Crippen LogP contribution in [-0.4, -0.2) is 30.6 Å². The maximum atomic E-state index is 8.79. The number of nitrogens with one attached hydrogen (secondary N) is 1. The van der Waals surface area contributed by atoms with Gasteiger partial charge in [0, 0.05) is 19.1 Å². The Morgan fingerprint density at radius 3 is 2.40 bits per heavy atom. The lowest BCUT2D eigenvalue weighted by atomic mass is 10.0. The average Bonchev–Trinajstić information content (AvgIpc) is 2.97. The summed E-state index contributed by atoms with van der Waals surface area (Å²) in [6, 6.07) is 10.6. The fourth-order valence-corrected chi connectivity index (χ4v) is 2.92. The largest absolute Gasteiger partial charge is 0.311 e. The first-order valence-corrected chi connectivity index (χ1v) is 7.64. The van der Waals surface area contributed by atoms with Gasteiger partial charge in [0.25, 0.3) is 0 Å². The van der Waals surface area contributed by atoms with E-state index in [9.17, 15) is 0 Å². The molecule has 2 rings (SSSR count). The van der Waals surface area contributed by atoms with Crippen LogP contribution < -0.4 is 5.32 Å². The molecule has 1 fully saturated rings. The summed E-state index contributed by atoms with van der Waals surface area (Å²) in [6.45, 7) is 9.04. The Hall–Kier alpha value is -1.37. The number of nitriles is 1. The van der Waals surface area contributed by atoms with Crippen molar-refractivity contribution in [1.29, 1.82) is 5.26 Å². The second kappa shape index (κ2) is 7.42.